The van der Waals surface area contributed by atoms with E-state index in [1.165, 1.54) is 0 Å². The van der Waals surface area contributed by atoms with Gasteiger partial charge in [-0.3, -0.25) is 4.79 Å². The molecular weight excluding hydrogens is 350 g/mol. The summed E-state index contributed by atoms with van der Waals surface area (Å²) in [7, 11) is -3.58. The van der Waals surface area contributed by atoms with Crippen molar-refractivity contribution in [3.63, 3.8) is 0 Å². The van der Waals surface area contributed by atoms with E-state index < -0.39 is 15.4 Å². The molecular formula is C20H19NO4S. The van der Waals surface area contributed by atoms with Crippen LogP contribution in [0.3, 0.4) is 0 Å². The number of hydrogen-bond acceptors (Lipinski definition) is 4. The molecule has 0 aromatic heterocycles. The minimum Gasteiger partial charge on any atom is -0.426 e. The van der Waals surface area contributed by atoms with E-state index in [0.717, 1.165) is 11.1 Å². The van der Waals surface area contributed by atoms with Crippen molar-refractivity contribution in [2.24, 2.45) is 11.8 Å². The monoisotopic (exact) mass is 369 g/mol. The van der Waals surface area contributed by atoms with Crippen LogP contribution in [0.4, 0.5) is 0 Å². The molecule has 0 bridgehead atoms. The van der Waals surface area contributed by atoms with Crippen LogP contribution in [0.25, 0.3) is 0 Å². The number of sulfonamides is 1. The summed E-state index contributed by atoms with van der Waals surface area (Å²) < 4.78 is 33.3. The summed E-state index contributed by atoms with van der Waals surface area (Å²) in [6.45, 7) is 2.72. The first-order chi connectivity index (χ1) is 12.4. The van der Waals surface area contributed by atoms with Gasteiger partial charge < -0.3 is 4.74 Å². The van der Waals surface area contributed by atoms with E-state index >= 15 is 0 Å². The number of benzene rings is 2. The normalized spacial score (nSPS) is 30.0. The van der Waals surface area contributed by atoms with Crippen LogP contribution in [0.5, 0.6) is 5.75 Å². The average Bonchev–Trinajstić information content (AvgIpc) is 2.88. The smallest absolute Gasteiger partial charge is 0.315 e. The van der Waals surface area contributed by atoms with E-state index in [9.17, 15) is 13.2 Å². The highest BCUT2D eigenvalue weighted by Gasteiger charge is 2.67. The van der Waals surface area contributed by atoms with E-state index in [-0.39, 0.29) is 17.8 Å². The van der Waals surface area contributed by atoms with Crippen LogP contribution >= 0.6 is 0 Å². The van der Waals surface area contributed by atoms with E-state index in [0.29, 0.717) is 30.2 Å². The van der Waals surface area contributed by atoms with Gasteiger partial charge in [-0.2, -0.15) is 4.31 Å². The highest BCUT2D eigenvalue weighted by atomic mass is 32.2. The second-order valence-corrected chi connectivity index (χ2v) is 9.49. The van der Waals surface area contributed by atoms with Gasteiger partial charge in [-0.25, -0.2) is 8.42 Å². The van der Waals surface area contributed by atoms with Crippen LogP contribution in [0.1, 0.15) is 17.5 Å². The third kappa shape index (κ3) is 1.94. The van der Waals surface area contributed by atoms with Gasteiger partial charge in [0.25, 0.3) is 0 Å². The summed E-state index contributed by atoms with van der Waals surface area (Å²) in [4.78, 5) is 12.7. The zero-order valence-corrected chi connectivity index (χ0v) is 15.2. The van der Waals surface area contributed by atoms with Gasteiger partial charge in [-0.15, -0.1) is 0 Å². The highest BCUT2D eigenvalue weighted by Crippen LogP contribution is 2.62. The maximum atomic E-state index is 13.1. The second-order valence-electron chi connectivity index (χ2n) is 7.55. The third-order valence-electron chi connectivity index (χ3n) is 6.27. The topological polar surface area (TPSA) is 63.7 Å². The highest BCUT2D eigenvalue weighted by molar-refractivity contribution is 7.89. The second kappa shape index (κ2) is 5.18. The van der Waals surface area contributed by atoms with Crippen LogP contribution in [0, 0.1) is 18.8 Å². The van der Waals surface area contributed by atoms with Crippen molar-refractivity contribution < 1.29 is 17.9 Å². The number of carbonyl (C=O) groups is 1. The number of ether oxygens (including phenoxy) is 1. The summed E-state index contributed by atoms with van der Waals surface area (Å²) in [5.74, 6) is 0.255. The van der Waals surface area contributed by atoms with Crippen molar-refractivity contribution >= 4 is 16.0 Å². The largest absolute Gasteiger partial charge is 0.426 e. The Morgan fingerprint density at radius 1 is 1.12 bits per heavy atom. The molecule has 2 heterocycles. The Morgan fingerprint density at radius 2 is 1.85 bits per heavy atom. The Kier molecular flexibility index (Phi) is 3.19. The quantitative estimate of drug-likeness (QED) is 0.603. The van der Waals surface area contributed by atoms with Gasteiger partial charge in [0.15, 0.2) is 0 Å². The van der Waals surface area contributed by atoms with Gasteiger partial charge in [0, 0.05) is 24.1 Å². The fraction of sp³-hybridized carbons (Fsp3) is 0.350. The Bertz CT molecular complexity index is 1010. The van der Waals surface area contributed by atoms with Gasteiger partial charge >= 0.3 is 5.97 Å². The molecule has 1 spiro atoms. The maximum absolute atomic E-state index is 13.1. The lowest BCUT2D eigenvalue weighted by atomic mass is 9.50. The molecule has 3 atom stereocenters. The van der Waals surface area contributed by atoms with Crippen molar-refractivity contribution in [1.29, 1.82) is 0 Å². The number of hydrogen-bond donors (Lipinski definition) is 0. The molecule has 1 saturated carbocycles. The maximum Gasteiger partial charge on any atom is 0.315 e. The van der Waals surface area contributed by atoms with E-state index in [1.54, 1.807) is 22.5 Å². The van der Waals surface area contributed by atoms with E-state index in [4.69, 9.17) is 4.74 Å². The van der Waals surface area contributed by atoms with Crippen LogP contribution < -0.4 is 4.74 Å². The molecule has 6 heteroatoms. The van der Waals surface area contributed by atoms with Crippen LogP contribution in [-0.4, -0.2) is 31.8 Å². The zero-order valence-electron chi connectivity index (χ0n) is 14.4. The lowest BCUT2D eigenvalue weighted by Gasteiger charge is -2.53. The molecule has 2 fully saturated rings. The molecule has 2 aliphatic heterocycles. The summed E-state index contributed by atoms with van der Waals surface area (Å²) >= 11 is 0. The van der Waals surface area contributed by atoms with Gasteiger partial charge in [0.05, 0.1) is 10.8 Å². The Balaban J connectivity index is 1.56. The molecule has 5 rings (SSSR count). The Labute approximate surface area is 152 Å². The van der Waals surface area contributed by atoms with Gasteiger partial charge in [-0.1, -0.05) is 35.9 Å². The minimum atomic E-state index is -3.58. The molecule has 2 aromatic carbocycles. The number of esters is 1. The standard InChI is InChI=1S/C20H19NO4S/c1-13-6-8-15(9-7-13)26(23,24)21-11-14-10-17-19(22)25-18-5-3-2-4-16(18)20(14,17)12-21/h2-9,14,17H,10-12H2,1H3/t14-,17-,20+/m1/s1. The third-order valence-corrected chi connectivity index (χ3v) is 8.10. The first-order valence-corrected chi connectivity index (χ1v) is 10.2. The first-order valence-electron chi connectivity index (χ1n) is 8.81. The van der Waals surface area contributed by atoms with Gasteiger partial charge in [0.2, 0.25) is 10.0 Å². The number of rotatable bonds is 2. The molecule has 3 aliphatic rings. The van der Waals surface area contributed by atoms with Crippen molar-refractivity contribution in [2.75, 3.05) is 13.1 Å². The Morgan fingerprint density at radius 3 is 2.62 bits per heavy atom. The number of fused-ring (bicyclic) bond motifs is 1. The van der Waals surface area contributed by atoms with Crippen LogP contribution in [0.2, 0.25) is 0 Å². The SMILES string of the molecule is Cc1ccc(S(=O)(=O)N2C[C@H]3C[C@@H]4C(=O)Oc5ccccc5[C@]34C2)cc1. The van der Waals surface area contributed by atoms with Crippen LogP contribution in [0.15, 0.2) is 53.4 Å². The average molecular weight is 369 g/mol. The molecule has 1 saturated heterocycles. The predicted molar refractivity (Wildman–Crippen MR) is 95.3 cm³/mol. The van der Waals surface area contributed by atoms with Crippen molar-refractivity contribution in [1.82, 2.24) is 4.31 Å². The summed E-state index contributed by atoms with van der Waals surface area (Å²) in [5.41, 5.74) is 1.56. The summed E-state index contributed by atoms with van der Waals surface area (Å²) in [5, 5.41) is 0. The molecule has 134 valence electrons. The predicted octanol–water partition coefficient (Wildman–Crippen LogP) is 2.49. The molecule has 26 heavy (non-hydrogen) atoms. The fourth-order valence-electron chi connectivity index (χ4n) is 4.87. The van der Waals surface area contributed by atoms with E-state index in [1.807, 2.05) is 37.3 Å². The van der Waals surface area contributed by atoms with Gasteiger partial charge in [0.1, 0.15) is 5.75 Å². The lowest BCUT2D eigenvalue weighted by Crippen LogP contribution is -2.59. The van der Waals surface area contributed by atoms with Gasteiger partial charge in [-0.05, 0) is 37.5 Å². The molecule has 0 N–H and O–H groups in total. The fourth-order valence-corrected chi connectivity index (χ4v) is 6.41. The van der Waals surface area contributed by atoms with Crippen molar-refractivity contribution in [3.05, 3.63) is 59.7 Å². The molecule has 5 nitrogen and oxygen atoms in total. The van der Waals surface area contributed by atoms with Crippen molar-refractivity contribution in [2.45, 2.75) is 23.7 Å². The molecule has 2 aromatic rings. The number of para-hydroxylation sites is 1. The number of carbonyl (C=O) groups excluding carboxylic acids is 1. The molecule has 0 unspecified atom stereocenters. The minimum absolute atomic E-state index is 0.154. The molecule has 1 aliphatic carbocycles. The Hall–Kier alpha value is -2.18. The summed E-state index contributed by atoms with van der Waals surface area (Å²) in [6.07, 6.45) is 0.688. The van der Waals surface area contributed by atoms with E-state index in [2.05, 4.69) is 0 Å². The van der Waals surface area contributed by atoms with Crippen LogP contribution in [-0.2, 0) is 20.2 Å². The lowest BCUT2D eigenvalue weighted by molar-refractivity contribution is -0.152. The number of aryl methyl sites for hydroxylation is 1. The molecule has 0 radical (unpaired) electrons. The van der Waals surface area contributed by atoms with Crippen molar-refractivity contribution in [3.8, 4) is 5.75 Å². The first kappa shape index (κ1) is 16.0. The molecule has 0 amide bonds. The zero-order chi connectivity index (χ0) is 18.1. The number of nitrogens with zero attached hydrogens (tertiary/aromatic N) is 1. The summed E-state index contributed by atoms with van der Waals surface area (Å²) in [6, 6.07) is 14.5.